The summed E-state index contributed by atoms with van der Waals surface area (Å²) in [4.78, 5) is 11.0. The van der Waals surface area contributed by atoms with Gasteiger partial charge in [-0.1, -0.05) is 29.5 Å². The van der Waals surface area contributed by atoms with Gasteiger partial charge in [0.2, 0.25) is 0 Å². The van der Waals surface area contributed by atoms with Gasteiger partial charge in [-0.15, -0.1) is 0 Å². The monoisotopic (exact) mass is 270 g/mol. The second kappa shape index (κ2) is 2.90. The highest BCUT2D eigenvalue weighted by molar-refractivity contribution is 14.1. The maximum atomic E-state index is 11.0. The normalized spacial score (nSPS) is 44.2. The van der Waals surface area contributed by atoms with Crippen LogP contribution < -0.4 is 0 Å². The molecule has 0 radical (unpaired) electrons. The third kappa shape index (κ3) is 1.38. The number of carbonyl (C=O) groups is 1. The van der Waals surface area contributed by atoms with Crippen molar-refractivity contribution in [1.29, 1.82) is 0 Å². The Morgan fingerprint density at radius 1 is 1.82 bits per heavy atom. The van der Waals surface area contributed by atoms with Crippen molar-refractivity contribution in [3.05, 3.63) is 0 Å². The molecule has 0 spiro atoms. The summed E-state index contributed by atoms with van der Waals surface area (Å²) in [6.07, 6.45) is -0.127. The zero-order valence-electron chi connectivity index (χ0n) is 6.50. The van der Waals surface area contributed by atoms with Gasteiger partial charge in [-0.25, -0.2) is 4.79 Å². The minimum absolute atomic E-state index is 0.105. The van der Waals surface area contributed by atoms with E-state index in [1.54, 1.807) is 0 Å². The number of hydrogen-bond acceptors (Lipinski definition) is 3. The second-order valence-electron chi connectivity index (χ2n) is 3.03. The third-order valence-electron chi connectivity index (χ3n) is 2.27. The molecule has 0 bridgehead atoms. The van der Waals surface area contributed by atoms with Crippen LogP contribution >= 0.6 is 22.6 Å². The summed E-state index contributed by atoms with van der Waals surface area (Å²) in [5, 5.41) is 9.56. The van der Waals surface area contributed by atoms with E-state index in [1.165, 1.54) is 6.92 Å². The number of hydrogen-bond donors (Lipinski definition) is 1. The number of carbonyl (C=O) groups excluding carboxylic acids is 1. The topological polar surface area (TPSA) is 46.5 Å². The molecule has 11 heavy (non-hydrogen) atoms. The lowest BCUT2D eigenvalue weighted by Crippen LogP contribution is -2.37. The number of cyclic esters (lactones) is 1. The fourth-order valence-corrected chi connectivity index (χ4v) is 2.01. The first-order valence-electron chi connectivity index (χ1n) is 3.49. The second-order valence-corrected chi connectivity index (χ2v) is 3.92. The van der Waals surface area contributed by atoms with E-state index in [0.29, 0.717) is 0 Å². The molecule has 4 heteroatoms. The first kappa shape index (κ1) is 9.25. The number of alkyl halides is 1. The molecule has 0 amide bonds. The average Bonchev–Trinajstić information content (AvgIpc) is 2.14. The Morgan fingerprint density at radius 3 is 2.55 bits per heavy atom. The Balaban J connectivity index is 2.80. The minimum Gasteiger partial charge on any atom is -0.459 e. The molecule has 1 heterocycles. The van der Waals surface area contributed by atoms with Crippen molar-refractivity contribution < 1.29 is 14.6 Å². The Labute approximate surface area is 79.3 Å². The zero-order chi connectivity index (χ0) is 8.65. The Morgan fingerprint density at radius 2 is 2.36 bits per heavy atom. The average molecular weight is 270 g/mol. The van der Waals surface area contributed by atoms with E-state index in [0.717, 1.165) is 4.43 Å². The summed E-state index contributed by atoms with van der Waals surface area (Å²) < 4.78 is 5.68. The van der Waals surface area contributed by atoms with Crippen LogP contribution in [-0.2, 0) is 9.53 Å². The number of rotatable bonds is 1. The standard InChI is InChI=1S/C7H11IO3/c1-4-5(3-8)11-6(9)7(4,2)10/h4-5,10H,3H2,1-2H3/t4-,5+,7-/m0/s1. The van der Waals surface area contributed by atoms with Crippen LogP contribution in [0.3, 0.4) is 0 Å². The fourth-order valence-electron chi connectivity index (χ4n) is 1.07. The van der Waals surface area contributed by atoms with Gasteiger partial charge in [0.05, 0.1) is 0 Å². The maximum absolute atomic E-state index is 11.0. The van der Waals surface area contributed by atoms with E-state index < -0.39 is 11.6 Å². The Hall–Kier alpha value is 0.160. The van der Waals surface area contributed by atoms with Gasteiger partial charge >= 0.3 is 5.97 Å². The third-order valence-corrected chi connectivity index (χ3v) is 3.14. The van der Waals surface area contributed by atoms with Crippen LogP contribution in [-0.4, -0.2) is 27.2 Å². The van der Waals surface area contributed by atoms with Gasteiger partial charge in [0.25, 0.3) is 0 Å². The zero-order valence-corrected chi connectivity index (χ0v) is 8.66. The van der Waals surface area contributed by atoms with Gasteiger partial charge < -0.3 is 9.84 Å². The first-order valence-corrected chi connectivity index (χ1v) is 5.02. The highest BCUT2D eigenvalue weighted by Gasteiger charge is 2.50. The van der Waals surface area contributed by atoms with Gasteiger partial charge in [-0.3, -0.25) is 0 Å². The quantitative estimate of drug-likeness (QED) is 0.434. The molecule has 1 aliphatic rings. The summed E-state index contributed by atoms with van der Waals surface area (Å²) in [5.41, 5.74) is -1.28. The molecule has 3 nitrogen and oxygen atoms in total. The Bertz CT molecular complexity index is 179. The van der Waals surface area contributed by atoms with Gasteiger partial charge in [-0.2, -0.15) is 0 Å². The molecule has 1 fully saturated rings. The summed E-state index contributed by atoms with van der Waals surface area (Å²) in [5.74, 6) is -0.599. The molecule has 0 aromatic carbocycles. The van der Waals surface area contributed by atoms with Gasteiger partial charge in [-0.05, 0) is 6.92 Å². The van der Waals surface area contributed by atoms with Crippen molar-refractivity contribution in [2.75, 3.05) is 4.43 Å². The predicted molar refractivity (Wildman–Crippen MR) is 48.6 cm³/mol. The minimum atomic E-state index is -1.28. The van der Waals surface area contributed by atoms with Crippen LogP contribution in [0.2, 0.25) is 0 Å². The molecule has 1 rings (SSSR count). The highest BCUT2D eigenvalue weighted by atomic mass is 127. The van der Waals surface area contributed by atoms with Crippen LogP contribution in [0, 0.1) is 5.92 Å². The number of ether oxygens (including phenoxy) is 1. The number of halogens is 1. The van der Waals surface area contributed by atoms with E-state index >= 15 is 0 Å². The Kier molecular flexibility index (Phi) is 2.43. The molecule has 1 saturated heterocycles. The fraction of sp³-hybridized carbons (Fsp3) is 0.857. The lowest BCUT2D eigenvalue weighted by Gasteiger charge is -2.17. The van der Waals surface area contributed by atoms with E-state index in [2.05, 4.69) is 22.6 Å². The van der Waals surface area contributed by atoms with E-state index in [4.69, 9.17) is 4.74 Å². The molecule has 0 aromatic rings. The summed E-state index contributed by atoms with van der Waals surface area (Å²) in [7, 11) is 0. The predicted octanol–water partition coefficient (Wildman–Crippen LogP) is 0.734. The maximum Gasteiger partial charge on any atom is 0.338 e. The lowest BCUT2D eigenvalue weighted by molar-refractivity contribution is -0.153. The van der Waals surface area contributed by atoms with E-state index in [-0.39, 0.29) is 12.0 Å². The van der Waals surface area contributed by atoms with E-state index in [9.17, 15) is 9.90 Å². The molecule has 1 aliphatic heterocycles. The summed E-state index contributed by atoms with van der Waals surface area (Å²) in [6, 6.07) is 0. The lowest BCUT2D eigenvalue weighted by atomic mass is 9.90. The van der Waals surface area contributed by atoms with Gasteiger partial charge in [0, 0.05) is 10.3 Å². The van der Waals surface area contributed by atoms with E-state index in [1.807, 2.05) is 6.92 Å². The molecule has 64 valence electrons. The van der Waals surface area contributed by atoms with Gasteiger partial charge in [0.1, 0.15) is 6.10 Å². The smallest absolute Gasteiger partial charge is 0.338 e. The van der Waals surface area contributed by atoms with Crippen molar-refractivity contribution in [1.82, 2.24) is 0 Å². The molecular formula is C7H11IO3. The van der Waals surface area contributed by atoms with Crippen molar-refractivity contribution in [3.63, 3.8) is 0 Å². The van der Waals surface area contributed by atoms with Crippen LogP contribution in [0.25, 0.3) is 0 Å². The molecule has 0 saturated carbocycles. The molecular weight excluding hydrogens is 259 g/mol. The molecule has 1 N–H and O–H groups in total. The molecule has 0 aliphatic carbocycles. The van der Waals surface area contributed by atoms with Crippen LogP contribution in [0.1, 0.15) is 13.8 Å². The molecule has 3 atom stereocenters. The summed E-state index contributed by atoms with van der Waals surface area (Å²) in [6.45, 7) is 3.33. The number of esters is 1. The first-order chi connectivity index (χ1) is 5.00. The van der Waals surface area contributed by atoms with Crippen LogP contribution in [0.5, 0.6) is 0 Å². The van der Waals surface area contributed by atoms with Crippen molar-refractivity contribution in [3.8, 4) is 0 Å². The summed E-state index contributed by atoms with van der Waals surface area (Å²) >= 11 is 2.14. The van der Waals surface area contributed by atoms with Crippen molar-refractivity contribution in [2.45, 2.75) is 25.6 Å². The van der Waals surface area contributed by atoms with Crippen molar-refractivity contribution in [2.24, 2.45) is 5.92 Å². The number of aliphatic hydroxyl groups is 1. The largest absolute Gasteiger partial charge is 0.459 e. The molecule has 0 aromatic heterocycles. The van der Waals surface area contributed by atoms with Crippen molar-refractivity contribution >= 4 is 28.6 Å². The highest BCUT2D eigenvalue weighted by Crippen LogP contribution is 2.32. The van der Waals surface area contributed by atoms with Crippen LogP contribution in [0.4, 0.5) is 0 Å². The SMILES string of the molecule is C[C@H]1[C@@H](CI)OC(=O)[C@@]1(C)O. The molecule has 0 unspecified atom stereocenters. The van der Waals surface area contributed by atoms with Crippen LogP contribution in [0.15, 0.2) is 0 Å². The van der Waals surface area contributed by atoms with Gasteiger partial charge in [0.15, 0.2) is 5.60 Å².